The van der Waals surface area contributed by atoms with E-state index in [4.69, 9.17) is 0 Å². The predicted octanol–water partition coefficient (Wildman–Crippen LogP) is 14.6. The molecule has 64 heavy (non-hydrogen) atoms. The molecule has 0 radical (unpaired) electrons. The van der Waals surface area contributed by atoms with Crippen molar-refractivity contribution < 1.29 is 0 Å². The number of para-hydroxylation sites is 6. The summed E-state index contributed by atoms with van der Waals surface area (Å²) >= 11 is 0. The quantitative estimate of drug-likeness (QED) is 0.168. The van der Waals surface area contributed by atoms with Crippen LogP contribution in [0.1, 0.15) is 53.0 Å². The smallest absolute Gasteiger partial charge is 0.104 e. The van der Waals surface area contributed by atoms with Gasteiger partial charge in [0.05, 0.1) is 55.7 Å². The van der Waals surface area contributed by atoms with Crippen LogP contribution < -0.4 is 0 Å². The van der Waals surface area contributed by atoms with Gasteiger partial charge in [-0.15, -0.1) is 0 Å². The highest BCUT2D eigenvalue weighted by Gasteiger charge is 2.35. The van der Waals surface area contributed by atoms with Gasteiger partial charge in [-0.25, -0.2) is 0 Å². The van der Waals surface area contributed by atoms with Gasteiger partial charge in [-0.1, -0.05) is 146 Å². The third-order valence-electron chi connectivity index (χ3n) is 14.1. The van der Waals surface area contributed by atoms with Crippen molar-refractivity contribution in [3.63, 3.8) is 0 Å². The molecular weight excluding hydrogens is 779 g/mol. The predicted molar refractivity (Wildman–Crippen MR) is 262 cm³/mol. The fourth-order valence-electron chi connectivity index (χ4n) is 11.5. The lowest BCUT2D eigenvalue weighted by Gasteiger charge is -2.26. The summed E-state index contributed by atoms with van der Waals surface area (Å²) in [6, 6.07) is 65.5. The van der Waals surface area contributed by atoms with Gasteiger partial charge in [-0.3, -0.25) is 0 Å². The Morgan fingerprint density at radius 3 is 1.30 bits per heavy atom. The molecule has 11 aromatic rings. The largest absolute Gasteiger partial charge is 0.308 e. The van der Waals surface area contributed by atoms with Crippen molar-refractivity contribution in [3.8, 4) is 29.2 Å². The summed E-state index contributed by atoms with van der Waals surface area (Å²) in [5.41, 5.74) is 15.5. The minimum atomic E-state index is 0.152. The number of nitriles is 2. The number of fused-ring (bicyclic) bond motifs is 11. The molecule has 2 aliphatic rings. The summed E-state index contributed by atoms with van der Waals surface area (Å²) in [7, 11) is 0. The molecule has 0 saturated heterocycles. The SMILES string of the molecule is N#Cc1c(CCC2C3=C(CCC=C3)c3ccccc32)c(-n2c3ccccc3c3ccccc32)c(C#N)c(-n2c3ccccc3c3ccccc32)c1-n1c2ccccc2c2ccccc21. The number of rotatable bonds is 6. The fraction of sp³-hybridized carbons (Fsp3) is 0.0847. The zero-order valence-corrected chi connectivity index (χ0v) is 35.0. The Hall–Kier alpha value is -8.38. The van der Waals surface area contributed by atoms with Gasteiger partial charge in [-0.05, 0) is 89.9 Å². The molecule has 13 rings (SSSR count). The van der Waals surface area contributed by atoms with Crippen molar-refractivity contribution in [1.82, 2.24) is 13.7 Å². The van der Waals surface area contributed by atoms with Crippen molar-refractivity contribution in [1.29, 1.82) is 10.5 Å². The normalized spacial score (nSPS) is 14.6. The van der Waals surface area contributed by atoms with Crippen LogP contribution in [0.25, 0.3) is 88.1 Å². The van der Waals surface area contributed by atoms with E-state index in [-0.39, 0.29) is 5.92 Å². The molecule has 1 atom stereocenters. The first-order valence-corrected chi connectivity index (χ1v) is 22.2. The van der Waals surface area contributed by atoms with E-state index >= 15 is 0 Å². The maximum atomic E-state index is 12.2. The highest BCUT2D eigenvalue weighted by molar-refractivity contribution is 6.13. The Morgan fingerprint density at radius 2 is 0.844 bits per heavy atom. The Bertz CT molecular complexity index is 3780. The molecule has 0 saturated carbocycles. The Kier molecular flexibility index (Phi) is 7.98. The summed E-state index contributed by atoms with van der Waals surface area (Å²) in [6.07, 6.45) is 8.06. The Balaban J connectivity index is 1.23. The summed E-state index contributed by atoms with van der Waals surface area (Å²) < 4.78 is 6.83. The molecule has 0 bridgehead atoms. The van der Waals surface area contributed by atoms with Crippen LogP contribution in [-0.2, 0) is 6.42 Å². The summed E-state index contributed by atoms with van der Waals surface area (Å²) in [5, 5.41) is 30.9. The second kappa shape index (κ2) is 14.1. The zero-order chi connectivity index (χ0) is 42.5. The molecule has 2 aliphatic carbocycles. The van der Waals surface area contributed by atoms with Crippen LogP contribution >= 0.6 is 0 Å². The van der Waals surface area contributed by atoms with Crippen LogP contribution in [0.5, 0.6) is 0 Å². The van der Waals surface area contributed by atoms with Gasteiger partial charge in [0, 0.05) is 38.2 Å². The molecule has 300 valence electrons. The van der Waals surface area contributed by atoms with Crippen molar-refractivity contribution in [3.05, 3.63) is 215 Å². The zero-order valence-electron chi connectivity index (χ0n) is 35.0. The van der Waals surface area contributed by atoms with E-state index in [1.165, 1.54) is 22.3 Å². The van der Waals surface area contributed by atoms with E-state index in [9.17, 15) is 10.5 Å². The first-order valence-electron chi connectivity index (χ1n) is 22.2. The van der Waals surface area contributed by atoms with Gasteiger partial charge in [0.25, 0.3) is 0 Å². The van der Waals surface area contributed by atoms with E-state index in [1.807, 2.05) is 0 Å². The molecule has 0 N–H and O–H groups in total. The molecule has 5 nitrogen and oxygen atoms in total. The third-order valence-corrected chi connectivity index (χ3v) is 14.1. The number of aromatic nitrogens is 3. The van der Waals surface area contributed by atoms with E-state index in [1.54, 1.807) is 0 Å². The van der Waals surface area contributed by atoms with Crippen LogP contribution in [0.15, 0.2) is 188 Å². The average molecular weight is 818 g/mol. The third kappa shape index (κ3) is 4.98. The maximum absolute atomic E-state index is 12.2. The number of hydrogen-bond acceptors (Lipinski definition) is 2. The van der Waals surface area contributed by atoms with Crippen LogP contribution in [0, 0.1) is 22.7 Å². The van der Waals surface area contributed by atoms with Gasteiger partial charge in [0.15, 0.2) is 0 Å². The molecule has 5 heteroatoms. The number of benzene rings is 8. The lowest BCUT2D eigenvalue weighted by Crippen LogP contribution is -2.16. The number of allylic oxidation sites excluding steroid dienone is 4. The number of hydrogen-bond donors (Lipinski definition) is 0. The molecule has 3 aromatic heterocycles. The lowest BCUT2D eigenvalue weighted by molar-refractivity contribution is 0.718. The minimum absolute atomic E-state index is 0.152. The number of nitrogens with zero attached hydrogens (tertiary/aromatic N) is 5. The van der Waals surface area contributed by atoms with Crippen molar-refractivity contribution in [2.45, 2.75) is 31.6 Å². The maximum Gasteiger partial charge on any atom is 0.104 e. The summed E-state index contributed by atoms with van der Waals surface area (Å²) in [6.45, 7) is 0. The molecule has 0 spiro atoms. The first kappa shape index (κ1) is 36.3. The Morgan fingerprint density at radius 1 is 0.453 bits per heavy atom. The minimum Gasteiger partial charge on any atom is -0.308 e. The van der Waals surface area contributed by atoms with E-state index in [0.29, 0.717) is 28.9 Å². The molecule has 8 aromatic carbocycles. The van der Waals surface area contributed by atoms with Gasteiger partial charge in [0.1, 0.15) is 17.7 Å². The van der Waals surface area contributed by atoms with Gasteiger partial charge < -0.3 is 13.7 Å². The van der Waals surface area contributed by atoms with Gasteiger partial charge in [0.2, 0.25) is 0 Å². The molecule has 3 heterocycles. The molecule has 0 amide bonds. The monoisotopic (exact) mass is 817 g/mol. The second-order valence-corrected chi connectivity index (χ2v) is 17.2. The highest BCUT2D eigenvalue weighted by atomic mass is 15.1. The van der Waals surface area contributed by atoms with Crippen LogP contribution in [0.3, 0.4) is 0 Å². The van der Waals surface area contributed by atoms with E-state index in [0.717, 1.165) is 95.9 Å². The molecule has 1 unspecified atom stereocenters. The fourth-order valence-corrected chi connectivity index (χ4v) is 11.5. The molecule has 0 fully saturated rings. The lowest BCUT2D eigenvalue weighted by atomic mass is 9.85. The average Bonchev–Trinajstić information content (AvgIpc) is 4.08. The molecule has 0 aliphatic heterocycles. The summed E-state index contributed by atoms with van der Waals surface area (Å²) in [5.74, 6) is 0.152. The van der Waals surface area contributed by atoms with E-state index < -0.39 is 0 Å². The van der Waals surface area contributed by atoms with Crippen molar-refractivity contribution >= 4 is 71.0 Å². The van der Waals surface area contributed by atoms with Crippen molar-refractivity contribution in [2.24, 2.45) is 0 Å². The van der Waals surface area contributed by atoms with Gasteiger partial charge >= 0.3 is 0 Å². The van der Waals surface area contributed by atoms with Crippen LogP contribution in [-0.4, -0.2) is 13.7 Å². The summed E-state index contributed by atoms with van der Waals surface area (Å²) in [4.78, 5) is 0. The Labute approximate surface area is 369 Å². The van der Waals surface area contributed by atoms with Crippen molar-refractivity contribution in [2.75, 3.05) is 0 Å². The van der Waals surface area contributed by atoms with Crippen LogP contribution in [0.4, 0.5) is 0 Å². The highest BCUT2D eigenvalue weighted by Crippen LogP contribution is 2.50. The topological polar surface area (TPSA) is 62.4 Å². The first-order chi connectivity index (χ1) is 31.7. The molecular formula is C59H39N5. The van der Waals surface area contributed by atoms with Crippen LogP contribution in [0.2, 0.25) is 0 Å². The van der Waals surface area contributed by atoms with Gasteiger partial charge in [-0.2, -0.15) is 10.5 Å². The van der Waals surface area contributed by atoms with E-state index in [2.05, 4.69) is 208 Å². The second-order valence-electron chi connectivity index (χ2n) is 17.2. The standard InChI is InChI=1S/C59H39N5/c60-35-49-48(34-33-41-39-19-3-1-17-37(39)38-18-2-4-20-40(38)41)57(62-51-27-11-5-21-42(51)43-22-6-12-28-52(43)62)50(36-61)59(64-55-31-15-9-25-46(55)47-26-10-16-32-56(47)64)58(49)63-53-29-13-7-23-44(53)45-24-8-14-30-54(45)63/h1,3-17,19-32,41H,2,18,33-34H2.